The van der Waals surface area contributed by atoms with E-state index in [1.165, 1.54) is 6.42 Å². The van der Waals surface area contributed by atoms with Gasteiger partial charge in [-0.3, -0.25) is 4.79 Å². The zero-order valence-corrected chi connectivity index (χ0v) is 15.5. The lowest BCUT2D eigenvalue weighted by molar-refractivity contribution is -0.135. The second-order valence-electron chi connectivity index (χ2n) is 6.90. The van der Waals surface area contributed by atoms with Gasteiger partial charge in [-0.05, 0) is 37.1 Å². The topological polar surface area (TPSA) is 67.6 Å². The minimum Gasteiger partial charge on any atom is -0.494 e. The van der Waals surface area contributed by atoms with Crippen LogP contribution in [0.15, 0.2) is 36.9 Å². The molecule has 6 heteroatoms. The smallest absolute Gasteiger partial charge is 0.323 e. The highest BCUT2D eigenvalue weighted by Gasteiger charge is 2.36. The third-order valence-corrected chi connectivity index (χ3v) is 5.07. The van der Waals surface area contributed by atoms with E-state index in [2.05, 4.69) is 24.9 Å². The first-order valence-electron chi connectivity index (χ1n) is 9.31. The molecular weight excluding hydrogens is 330 g/mol. The van der Waals surface area contributed by atoms with Crippen LogP contribution in [-0.4, -0.2) is 39.8 Å². The number of unbranched alkanes of at least 4 members (excludes halogenated alkanes) is 2. The highest BCUT2D eigenvalue weighted by molar-refractivity contribution is 5.77. The maximum atomic E-state index is 11.3. The zero-order valence-electron chi connectivity index (χ0n) is 15.5. The van der Waals surface area contributed by atoms with Gasteiger partial charge in [0.1, 0.15) is 12.3 Å². The second-order valence-corrected chi connectivity index (χ2v) is 6.90. The average Bonchev–Trinajstić information content (AvgIpc) is 3.21. The highest BCUT2D eigenvalue weighted by atomic mass is 16.5. The Labute approximate surface area is 154 Å². The molecule has 2 heterocycles. The maximum absolute atomic E-state index is 11.3. The predicted octanol–water partition coefficient (Wildman–Crippen LogP) is 3.53. The van der Waals surface area contributed by atoms with Crippen molar-refractivity contribution in [1.82, 2.24) is 9.55 Å². The van der Waals surface area contributed by atoms with Crippen molar-refractivity contribution in [3.05, 3.63) is 42.5 Å². The summed E-state index contributed by atoms with van der Waals surface area (Å²) in [5.74, 6) is 0.239. The molecule has 1 aromatic heterocycles. The van der Waals surface area contributed by atoms with Gasteiger partial charge in [0.15, 0.2) is 0 Å². The van der Waals surface area contributed by atoms with Crippen LogP contribution in [0.1, 0.15) is 44.6 Å². The van der Waals surface area contributed by atoms with Crippen LogP contribution in [0.5, 0.6) is 5.75 Å². The van der Waals surface area contributed by atoms with E-state index in [0.717, 1.165) is 36.4 Å². The number of imidazole rings is 1. The van der Waals surface area contributed by atoms with Crippen LogP contribution in [0, 0.1) is 0 Å². The number of rotatable bonds is 9. The van der Waals surface area contributed by atoms with Crippen molar-refractivity contribution in [3.8, 4) is 5.75 Å². The highest BCUT2D eigenvalue weighted by Crippen LogP contribution is 2.43. The molecule has 0 spiro atoms. The van der Waals surface area contributed by atoms with Gasteiger partial charge in [0.2, 0.25) is 0 Å². The molecule has 0 radical (unpaired) electrons. The average molecular weight is 357 g/mol. The minimum atomic E-state index is -0.814. The fraction of sp³-hybridized carbons (Fsp3) is 0.500. The normalized spacial score (nSPS) is 18.8. The van der Waals surface area contributed by atoms with Crippen LogP contribution >= 0.6 is 0 Å². The Balaban J connectivity index is 1.83. The fourth-order valence-electron chi connectivity index (χ4n) is 3.67. The van der Waals surface area contributed by atoms with E-state index < -0.39 is 5.97 Å². The number of benzene rings is 1. The number of nitrogens with zero attached hydrogens (tertiary/aromatic N) is 3. The molecule has 0 saturated heterocycles. The number of carboxylic acids is 1. The summed E-state index contributed by atoms with van der Waals surface area (Å²) in [4.78, 5) is 17.4. The molecule has 140 valence electrons. The summed E-state index contributed by atoms with van der Waals surface area (Å²) in [6.07, 6.45) is 8.89. The number of hydrogen-bond donors (Lipinski definition) is 1. The van der Waals surface area contributed by atoms with E-state index in [1.807, 2.05) is 27.8 Å². The Morgan fingerprint density at radius 1 is 1.35 bits per heavy atom. The third-order valence-electron chi connectivity index (χ3n) is 5.07. The zero-order chi connectivity index (χ0) is 18.5. The standard InChI is InChI=1S/C20H27N3O3/c1-3-4-5-10-26-16-6-7-19-17(11-16)18(12-22-9-8-21-14-22)15(2)23(19)13-20(24)25/h6-9,11,14-15,18H,3-5,10,12-13H2,1-2H3,(H,24,25). The molecular formula is C20H27N3O3. The van der Waals surface area contributed by atoms with Gasteiger partial charge < -0.3 is 19.3 Å². The molecule has 0 bridgehead atoms. The van der Waals surface area contributed by atoms with E-state index in [9.17, 15) is 9.90 Å². The molecule has 1 aromatic carbocycles. The van der Waals surface area contributed by atoms with Crippen molar-refractivity contribution >= 4 is 11.7 Å². The van der Waals surface area contributed by atoms with Gasteiger partial charge in [-0.15, -0.1) is 0 Å². The number of aromatic nitrogens is 2. The molecule has 2 unspecified atom stereocenters. The predicted molar refractivity (Wildman–Crippen MR) is 101 cm³/mol. The van der Waals surface area contributed by atoms with Crippen molar-refractivity contribution in [3.63, 3.8) is 0 Å². The molecule has 6 nitrogen and oxygen atoms in total. The lowest BCUT2D eigenvalue weighted by Gasteiger charge is -2.25. The lowest BCUT2D eigenvalue weighted by Crippen LogP contribution is -2.36. The first-order chi connectivity index (χ1) is 12.6. The number of hydrogen-bond acceptors (Lipinski definition) is 4. The molecule has 0 saturated carbocycles. The Kier molecular flexibility index (Phi) is 5.81. The van der Waals surface area contributed by atoms with Crippen LogP contribution in [-0.2, 0) is 11.3 Å². The van der Waals surface area contributed by atoms with Crippen LogP contribution in [0.3, 0.4) is 0 Å². The van der Waals surface area contributed by atoms with Gasteiger partial charge in [-0.2, -0.15) is 0 Å². The molecule has 0 aliphatic carbocycles. The summed E-state index contributed by atoms with van der Waals surface area (Å²) >= 11 is 0. The Bertz CT molecular complexity index is 730. The fourth-order valence-corrected chi connectivity index (χ4v) is 3.67. The number of carboxylic acid groups (broad SMARTS) is 1. The first-order valence-corrected chi connectivity index (χ1v) is 9.31. The molecule has 0 fully saturated rings. The van der Waals surface area contributed by atoms with Crippen molar-refractivity contribution in [2.75, 3.05) is 18.1 Å². The monoisotopic (exact) mass is 357 g/mol. The molecule has 2 atom stereocenters. The van der Waals surface area contributed by atoms with Gasteiger partial charge in [0, 0.05) is 36.6 Å². The van der Waals surface area contributed by atoms with Crippen molar-refractivity contribution in [1.29, 1.82) is 0 Å². The number of carbonyl (C=O) groups is 1. The van der Waals surface area contributed by atoms with E-state index in [-0.39, 0.29) is 18.5 Å². The van der Waals surface area contributed by atoms with Crippen molar-refractivity contribution in [2.45, 2.75) is 51.6 Å². The van der Waals surface area contributed by atoms with E-state index >= 15 is 0 Å². The van der Waals surface area contributed by atoms with Gasteiger partial charge in [0.05, 0.1) is 12.9 Å². The number of fused-ring (bicyclic) bond motifs is 1. The summed E-state index contributed by atoms with van der Waals surface area (Å²) in [7, 11) is 0. The van der Waals surface area contributed by atoms with Crippen LogP contribution < -0.4 is 9.64 Å². The SMILES string of the molecule is CCCCCOc1ccc2c(c1)C(Cn1ccnc1)C(C)N2CC(=O)O. The van der Waals surface area contributed by atoms with Crippen LogP contribution in [0.4, 0.5) is 5.69 Å². The quantitative estimate of drug-likeness (QED) is 0.696. The largest absolute Gasteiger partial charge is 0.494 e. The molecule has 3 rings (SSSR count). The summed E-state index contributed by atoms with van der Waals surface area (Å²) in [5, 5.41) is 9.30. The number of aliphatic carboxylic acids is 1. The van der Waals surface area contributed by atoms with Crippen molar-refractivity contribution < 1.29 is 14.6 Å². The summed E-state index contributed by atoms with van der Waals surface area (Å²) in [6, 6.07) is 6.13. The van der Waals surface area contributed by atoms with Crippen LogP contribution in [0.2, 0.25) is 0 Å². The molecule has 1 N–H and O–H groups in total. The Hall–Kier alpha value is -2.50. The van der Waals surface area contributed by atoms with E-state index in [4.69, 9.17) is 4.74 Å². The summed E-state index contributed by atoms with van der Waals surface area (Å²) in [5.41, 5.74) is 2.14. The molecule has 0 amide bonds. The molecule has 1 aliphatic heterocycles. The van der Waals surface area contributed by atoms with Gasteiger partial charge in [-0.25, -0.2) is 4.98 Å². The summed E-state index contributed by atoms with van der Waals surface area (Å²) in [6.45, 7) is 5.75. The number of anilines is 1. The molecule has 2 aromatic rings. The molecule has 26 heavy (non-hydrogen) atoms. The van der Waals surface area contributed by atoms with Gasteiger partial charge in [-0.1, -0.05) is 19.8 Å². The minimum absolute atomic E-state index is 0.00526. The lowest BCUT2D eigenvalue weighted by atomic mass is 9.95. The van der Waals surface area contributed by atoms with Crippen LogP contribution in [0.25, 0.3) is 0 Å². The van der Waals surface area contributed by atoms with Gasteiger partial charge in [0.25, 0.3) is 0 Å². The Morgan fingerprint density at radius 3 is 2.88 bits per heavy atom. The van der Waals surface area contributed by atoms with E-state index in [1.54, 1.807) is 12.5 Å². The molecule has 1 aliphatic rings. The second kappa shape index (κ2) is 8.25. The first kappa shape index (κ1) is 18.3. The Morgan fingerprint density at radius 2 is 2.19 bits per heavy atom. The third kappa shape index (κ3) is 4.00. The maximum Gasteiger partial charge on any atom is 0.323 e. The van der Waals surface area contributed by atoms with E-state index in [0.29, 0.717) is 6.61 Å². The van der Waals surface area contributed by atoms with Crippen molar-refractivity contribution in [2.24, 2.45) is 0 Å². The number of ether oxygens (including phenoxy) is 1. The van der Waals surface area contributed by atoms with Gasteiger partial charge >= 0.3 is 5.97 Å². The summed E-state index contributed by atoms with van der Waals surface area (Å²) < 4.78 is 7.96.